The molecule has 0 saturated carbocycles. The highest BCUT2D eigenvalue weighted by atomic mass is 16.2. The molecule has 0 aliphatic carbocycles. The Bertz CT molecular complexity index is 278. The molecule has 0 bridgehead atoms. The fraction of sp³-hybridized carbons (Fsp3) is 0.818. The first-order valence-corrected chi connectivity index (χ1v) is 5.70. The van der Waals surface area contributed by atoms with Crippen LogP contribution in [0.15, 0.2) is 0 Å². The Balaban J connectivity index is 2.50. The van der Waals surface area contributed by atoms with Crippen LogP contribution in [0.1, 0.15) is 20.3 Å². The van der Waals surface area contributed by atoms with E-state index in [4.69, 9.17) is 0 Å². The largest absolute Gasteiger partial charge is 0.308 e. The molecule has 1 saturated heterocycles. The van der Waals surface area contributed by atoms with E-state index in [0.29, 0.717) is 13.0 Å². The van der Waals surface area contributed by atoms with Crippen molar-refractivity contribution in [3.05, 3.63) is 0 Å². The maximum atomic E-state index is 11.8. The average Bonchev–Trinajstić information content (AvgIpc) is 2.40. The number of carbonyl (C=O) groups excluding carboxylic acids is 2. The zero-order valence-electron chi connectivity index (χ0n) is 10.5. The van der Waals surface area contributed by atoms with E-state index in [9.17, 15) is 9.59 Å². The first kappa shape index (κ1) is 13.1. The van der Waals surface area contributed by atoms with Crippen molar-refractivity contribution in [3.63, 3.8) is 0 Å². The van der Waals surface area contributed by atoms with Gasteiger partial charge in [0, 0.05) is 19.1 Å². The van der Waals surface area contributed by atoms with Crippen LogP contribution >= 0.6 is 0 Å². The zero-order valence-corrected chi connectivity index (χ0v) is 10.5. The molecule has 1 heterocycles. The molecule has 2 unspecified atom stereocenters. The highest BCUT2D eigenvalue weighted by Gasteiger charge is 2.37. The lowest BCUT2D eigenvalue weighted by Crippen LogP contribution is -2.46. The van der Waals surface area contributed by atoms with Gasteiger partial charge in [-0.25, -0.2) is 0 Å². The molecule has 0 spiro atoms. The summed E-state index contributed by atoms with van der Waals surface area (Å²) in [5, 5.41) is 3.20. The molecule has 1 rings (SSSR count). The Morgan fingerprint density at radius 2 is 2.12 bits per heavy atom. The number of hydrogen-bond donors (Lipinski definition) is 1. The summed E-state index contributed by atoms with van der Waals surface area (Å²) in [6, 6.07) is -0.129. The van der Waals surface area contributed by atoms with Gasteiger partial charge in [-0.15, -0.1) is 0 Å². The van der Waals surface area contributed by atoms with Crippen LogP contribution in [0, 0.1) is 0 Å². The zero-order chi connectivity index (χ0) is 12.3. The van der Waals surface area contributed by atoms with E-state index in [-0.39, 0.29) is 23.9 Å². The molecule has 2 atom stereocenters. The van der Waals surface area contributed by atoms with E-state index in [1.165, 1.54) is 4.90 Å². The third-order valence-corrected chi connectivity index (χ3v) is 2.68. The first-order chi connectivity index (χ1) is 7.45. The summed E-state index contributed by atoms with van der Waals surface area (Å²) in [5.41, 5.74) is 0. The average molecular weight is 227 g/mol. The molecule has 1 N–H and O–H groups in total. The Morgan fingerprint density at radius 3 is 2.56 bits per heavy atom. The molecular formula is C11H21N3O2. The maximum absolute atomic E-state index is 11.8. The van der Waals surface area contributed by atoms with Gasteiger partial charge in [0.1, 0.15) is 0 Å². The van der Waals surface area contributed by atoms with Crippen LogP contribution in [0.3, 0.4) is 0 Å². The molecular weight excluding hydrogens is 206 g/mol. The minimum absolute atomic E-state index is 0.0675. The van der Waals surface area contributed by atoms with E-state index >= 15 is 0 Å². The van der Waals surface area contributed by atoms with Crippen molar-refractivity contribution in [1.82, 2.24) is 15.1 Å². The molecule has 2 amide bonds. The molecule has 5 heteroatoms. The summed E-state index contributed by atoms with van der Waals surface area (Å²) < 4.78 is 0. The molecule has 0 aromatic carbocycles. The molecule has 1 aliphatic heterocycles. The Kier molecular flexibility index (Phi) is 4.44. The van der Waals surface area contributed by atoms with Crippen LogP contribution in [0.25, 0.3) is 0 Å². The first-order valence-electron chi connectivity index (χ1n) is 5.70. The summed E-state index contributed by atoms with van der Waals surface area (Å²) in [6.07, 6.45) is 0.296. The summed E-state index contributed by atoms with van der Waals surface area (Å²) in [5.74, 6) is -0.153. The predicted octanol–water partition coefficient (Wildman–Crippen LogP) is -0.326. The van der Waals surface area contributed by atoms with E-state index in [1.54, 1.807) is 0 Å². The SMILES string of the molecule is CCN1C(=O)CC(NC(C)CN(C)C)C1=O. The molecule has 5 nitrogen and oxygen atoms in total. The summed E-state index contributed by atoms with van der Waals surface area (Å²) >= 11 is 0. The van der Waals surface area contributed by atoms with Crippen molar-refractivity contribution in [3.8, 4) is 0 Å². The van der Waals surface area contributed by atoms with Gasteiger partial charge in [-0.1, -0.05) is 0 Å². The second-order valence-electron chi connectivity index (χ2n) is 4.56. The van der Waals surface area contributed by atoms with Crippen molar-refractivity contribution in [2.75, 3.05) is 27.2 Å². The third-order valence-electron chi connectivity index (χ3n) is 2.68. The lowest BCUT2D eigenvalue weighted by molar-refractivity contribution is -0.138. The van der Waals surface area contributed by atoms with Crippen LogP contribution in [0.5, 0.6) is 0 Å². The van der Waals surface area contributed by atoms with Crippen molar-refractivity contribution in [2.45, 2.75) is 32.4 Å². The number of nitrogens with one attached hydrogen (secondary N) is 1. The monoisotopic (exact) mass is 227 g/mol. The van der Waals surface area contributed by atoms with Gasteiger partial charge in [-0.2, -0.15) is 0 Å². The molecule has 1 aliphatic rings. The van der Waals surface area contributed by atoms with Gasteiger partial charge in [0.15, 0.2) is 0 Å². The number of hydrogen-bond acceptors (Lipinski definition) is 4. The summed E-state index contributed by atoms with van der Waals surface area (Å²) in [4.78, 5) is 26.7. The number of imide groups is 1. The second-order valence-corrected chi connectivity index (χ2v) is 4.56. The van der Waals surface area contributed by atoms with Gasteiger partial charge < -0.3 is 10.2 Å². The number of amides is 2. The van der Waals surface area contributed by atoms with Crippen LogP contribution in [-0.4, -0.2) is 60.9 Å². The minimum atomic E-state index is -0.331. The molecule has 16 heavy (non-hydrogen) atoms. The van der Waals surface area contributed by atoms with Crippen molar-refractivity contribution < 1.29 is 9.59 Å². The number of rotatable bonds is 5. The van der Waals surface area contributed by atoms with E-state index in [1.807, 2.05) is 27.9 Å². The van der Waals surface area contributed by atoms with E-state index in [0.717, 1.165) is 6.54 Å². The van der Waals surface area contributed by atoms with Gasteiger partial charge in [-0.3, -0.25) is 14.5 Å². The number of likely N-dealkylation sites (N-methyl/N-ethyl adjacent to an activating group) is 2. The van der Waals surface area contributed by atoms with Crippen LogP contribution < -0.4 is 5.32 Å². The lowest BCUT2D eigenvalue weighted by Gasteiger charge is -2.21. The quantitative estimate of drug-likeness (QED) is 0.654. The smallest absolute Gasteiger partial charge is 0.246 e. The van der Waals surface area contributed by atoms with E-state index in [2.05, 4.69) is 10.2 Å². The topological polar surface area (TPSA) is 52.7 Å². The van der Waals surface area contributed by atoms with Crippen molar-refractivity contribution in [2.24, 2.45) is 0 Å². The van der Waals surface area contributed by atoms with Crippen LogP contribution in [0.2, 0.25) is 0 Å². The van der Waals surface area contributed by atoms with Gasteiger partial charge in [0.25, 0.3) is 0 Å². The minimum Gasteiger partial charge on any atom is -0.308 e. The molecule has 1 fully saturated rings. The fourth-order valence-electron chi connectivity index (χ4n) is 2.09. The van der Waals surface area contributed by atoms with Crippen molar-refractivity contribution in [1.29, 1.82) is 0 Å². The molecule has 0 aromatic rings. The highest BCUT2D eigenvalue weighted by molar-refractivity contribution is 6.05. The van der Waals surface area contributed by atoms with Gasteiger partial charge in [-0.05, 0) is 27.9 Å². The standard InChI is InChI=1S/C11H21N3O2/c1-5-14-10(15)6-9(11(14)16)12-8(2)7-13(3)4/h8-9,12H,5-7H2,1-4H3. The number of likely N-dealkylation sites (tertiary alicyclic amines) is 1. The van der Waals surface area contributed by atoms with Gasteiger partial charge in [0.2, 0.25) is 11.8 Å². The lowest BCUT2D eigenvalue weighted by atomic mass is 10.2. The van der Waals surface area contributed by atoms with Crippen LogP contribution in [-0.2, 0) is 9.59 Å². The van der Waals surface area contributed by atoms with E-state index < -0.39 is 0 Å². The Labute approximate surface area is 96.8 Å². The van der Waals surface area contributed by atoms with Gasteiger partial charge >= 0.3 is 0 Å². The van der Waals surface area contributed by atoms with Crippen LogP contribution in [0.4, 0.5) is 0 Å². The van der Waals surface area contributed by atoms with Crippen molar-refractivity contribution >= 4 is 11.8 Å². The molecule has 0 radical (unpaired) electrons. The Morgan fingerprint density at radius 1 is 1.50 bits per heavy atom. The summed E-state index contributed by atoms with van der Waals surface area (Å²) in [7, 11) is 3.97. The second kappa shape index (κ2) is 5.41. The molecule has 0 aromatic heterocycles. The third kappa shape index (κ3) is 3.02. The predicted molar refractivity (Wildman–Crippen MR) is 62.0 cm³/mol. The Hall–Kier alpha value is -0.940. The maximum Gasteiger partial charge on any atom is 0.246 e. The number of nitrogens with zero attached hydrogens (tertiary/aromatic N) is 2. The molecule has 92 valence electrons. The highest BCUT2D eigenvalue weighted by Crippen LogP contribution is 2.13. The fourth-order valence-corrected chi connectivity index (χ4v) is 2.09. The normalized spacial score (nSPS) is 23.3. The summed E-state index contributed by atoms with van der Waals surface area (Å²) in [6.45, 7) is 5.16. The number of carbonyl (C=O) groups is 2. The van der Waals surface area contributed by atoms with Gasteiger partial charge in [0.05, 0.1) is 12.5 Å².